The summed E-state index contributed by atoms with van der Waals surface area (Å²) in [6.07, 6.45) is 8.36. The zero-order valence-corrected chi connectivity index (χ0v) is 26.1. The molecule has 13 nitrogen and oxygen atoms in total. The minimum absolute atomic E-state index is 0.0504. The Bertz CT molecular complexity index is 1070. The Balaban J connectivity index is 2.36. The fourth-order valence-corrected chi connectivity index (χ4v) is 5.56. The molecular weight excluding hydrogens is 552 g/mol. The second-order valence-corrected chi connectivity index (χ2v) is 12.3. The molecule has 0 aromatic rings. The molecule has 4 amide bonds. The van der Waals surface area contributed by atoms with Crippen LogP contribution < -0.4 is 32.3 Å². The summed E-state index contributed by atoms with van der Waals surface area (Å²) >= 11 is 0. The van der Waals surface area contributed by atoms with Gasteiger partial charge in [0.2, 0.25) is 29.6 Å². The van der Waals surface area contributed by atoms with Gasteiger partial charge in [-0.1, -0.05) is 52.9 Å². The van der Waals surface area contributed by atoms with E-state index in [1.54, 1.807) is 33.9 Å². The zero-order valence-electron chi connectivity index (χ0n) is 26.1. The number of hydrogen-bond donors (Lipinski definition) is 6. The van der Waals surface area contributed by atoms with E-state index < -0.39 is 35.4 Å². The van der Waals surface area contributed by atoms with Crippen molar-refractivity contribution in [3.8, 4) is 6.19 Å². The van der Waals surface area contributed by atoms with Crippen molar-refractivity contribution in [2.75, 3.05) is 13.1 Å². The van der Waals surface area contributed by atoms with Gasteiger partial charge in [0.1, 0.15) is 12.1 Å². The fourth-order valence-electron chi connectivity index (χ4n) is 5.56. The molecule has 2 fully saturated rings. The van der Waals surface area contributed by atoms with Gasteiger partial charge < -0.3 is 27.0 Å². The highest BCUT2D eigenvalue weighted by Crippen LogP contribution is 2.28. The van der Waals surface area contributed by atoms with Crippen LogP contribution in [0.3, 0.4) is 0 Å². The van der Waals surface area contributed by atoms with Crippen molar-refractivity contribution in [3.63, 3.8) is 0 Å². The van der Waals surface area contributed by atoms with E-state index in [0.717, 1.165) is 32.1 Å². The third-order valence-electron chi connectivity index (χ3n) is 8.41. The maximum Gasteiger partial charge on any atom is 0.243 e. The molecule has 2 rings (SSSR count). The van der Waals surface area contributed by atoms with E-state index in [4.69, 9.17) is 11.0 Å². The van der Waals surface area contributed by atoms with Gasteiger partial charge in [0, 0.05) is 31.3 Å². The van der Waals surface area contributed by atoms with E-state index in [1.165, 1.54) is 0 Å². The van der Waals surface area contributed by atoms with Crippen LogP contribution in [0.15, 0.2) is 4.99 Å². The summed E-state index contributed by atoms with van der Waals surface area (Å²) in [6, 6.07) is -1.67. The molecule has 0 radical (unpaired) electrons. The lowest BCUT2D eigenvalue weighted by atomic mass is 9.83. The number of hydrogen-bond acceptors (Lipinski definition) is 7. The molecule has 7 N–H and O–H groups in total. The van der Waals surface area contributed by atoms with E-state index in [1.807, 2.05) is 0 Å². The van der Waals surface area contributed by atoms with Crippen molar-refractivity contribution in [2.24, 2.45) is 28.5 Å². The summed E-state index contributed by atoms with van der Waals surface area (Å²) in [5.41, 5.74) is 4.27. The van der Waals surface area contributed by atoms with E-state index in [9.17, 15) is 24.0 Å². The summed E-state index contributed by atoms with van der Waals surface area (Å²) in [4.78, 5) is 70.8. The lowest BCUT2D eigenvalue weighted by Gasteiger charge is -2.33. The standard InChI is InChI=1S/C30H50N8O5/c1-5-22-28(43)37-23(16-20-10-7-6-8-11-20)27(42)33-15-13-30(4,38-25(40)19(2)3)24(39)17-21(26(41)36-22)12-9-14-34-29(32)35-18-31/h19-23H,5-17H2,1-4H3,(H,33,42)(H,36,41)(H,37,43)(H,38,40)(H3,32,34,35)/t21-,22+,23-,30-/m1/s1. The first-order chi connectivity index (χ1) is 20.4. The van der Waals surface area contributed by atoms with Crippen LogP contribution in [-0.2, 0) is 24.0 Å². The van der Waals surface area contributed by atoms with E-state index in [2.05, 4.69) is 31.6 Å². The maximum absolute atomic E-state index is 13.8. The van der Waals surface area contributed by atoms with Crippen LogP contribution in [0.2, 0.25) is 0 Å². The monoisotopic (exact) mass is 602 g/mol. The Labute approximate surface area is 254 Å². The van der Waals surface area contributed by atoms with Crippen LogP contribution in [-0.4, -0.2) is 66.1 Å². The number of nitrogens with two attached hydrogens (primary N) is 1. The number of Topliss-reactive ketones (excluding diaryl/α,β-unsaturated/α-hetero) is 1. The summed E-state index contributed by atoms with van der Waals surface area (Å²) in [6.45, 7) is 7.15. The first-order valence-corrected chi connectivity index (χ1v) is 15.6. The molecule has 1 saturated carbocycles. The maximum atomic E-state index is 13.8. The molecule has 1 aliphatic carbocycles. The van der Waals surface area contributed by atoms with Crippen molar-refractivity contribution in [2.45, 2.75) is 116 Å². The average molecular weight is 603 g/mol. The quantitative estimate of drug-likeness (QED) is 0.0739. The van der Waals surface area contributed by atoms with Crippen molar-refractivity contribution in [3.05, 3.63) is 0 Å². The van der Waals surface area contributed by atoms with E-state index >= 15 is 0 Å². The molecule has 0 aromatic carbocycles. The predicted molar refractivity (Wildman–Crippen MR) is 162 cm³/mol. The van der Waals surface area contributed by atoms with E-state index in [-0.39, 0.29) is 61.8 Å². The summed E-state index contributed by atoms with van der Waals surface area (Å²) in [5, 5.41) is 22.3. The van der Waals surface area contributed by atoms with Crippen molar-refractivity contribution in [1.29, 1.82) is 5.26 Å². The van der Waals surface area contributed by atoms with Gasteiger partial charge in [-0.25, -0.2) is 0 Å². The molecule has 4 atom stereocenters. The number of nitrogens with zero attached hydrogens (tertiary/aromatic N) is 2. The number of rotatable bonds is 9. The van der Waals surface area contributed by atoms with Gasteiger partial charge in [-0.05, 0) is 44.9 Å². The largest absolute Gasteiger partial charge is 0.369 e. The SMILES string of the molecule is CC[C@@H]1NC(=O)[C@H](CCCN=C(N)NC#N)CC(=O)[C@](C)(NC(=O)C(C)C)CCNC(=O)[C@@H](CC2CCCCC2)NC1=O. The molecule has 43 heavy (non-hydrogen) atoms. The Morgan fingerprint density at radius 1 is 1.09 bits per heavy atom. The van der Waals surface area contributed by atoms with Gasteiger partial charge in [-0.3, -0.25) is 34.3 Å². The molecule has 1 saturated heterocycles. The number of nitriles is 1. The highest BCUT2D eigenvalue weighted by Gasteiger charge is 2.39. The summed E-state index contributed by atoms with van der Waals surface area (Å²) in [5.74, 6) is -2.84. The molecule has 0 bridgehead atoms. The molecular formula is C30H50N8O5. The highest BCUT2D eigenvalue weighted by atomic mass is 16.2. The lowest BCUT2D eigenvalue weighted by Crippen LogP contribution is -2.58. The van der Waals surface area contributed by atoms with Crippen molar-refractivity contribution in [1.82, 2.24) is 26.6 Å². The molecule has 2 aliphatic rings. The van der Waals surface area contributed by atoms with Gasteiger partial charge in [-0.2, -0.15) is 5.26 Å². The second kappa shape index (κ2) is 17.4. The zero-order chi connectivity index (χ0) is 32.0. The molecule has 240 valence electrons. The fraction of sp³-hybridized carbons (Fsp3) is 0.767. The van der Waals surface area contributed by atoms with Crippen LogP contribution >= 0.6 is 0 Å². The molecule has 0 spiro atoms. The number of amides is 4. The van der Waals surface area contributed by atoms with Gasteiger partial charge in [0.05, 0.1) is 5.54 Å². The number of ketones is 1. The molecule has 0 unspecified atom stereocenters. The Kier molecular flexibility index (Phi) is 14.4. The van der Waals surface area contributed by atoms with Crippen molar-refractivity contribution < 1.29 is 24.0 Å². The third kappa shape index (κ3) is 11.5. The number of nitrogens with one attached hydrogen (secondary N) is 5. The molecule has 0 aromatic heterocycles. The first kappa shape index (κ1) is 35.5. The topological polar surface area (TPSA) is 208 Å². The molecule has 1 heterocycles. The minimum Gasteiger partial charge on any atom is -0.369 e. The normalized spacial score (nSPS) is 26.9. The van der Waals surface area contributed by atoms with Crippen molar-refractivity contribution >= 4 is 35.4 Å². The van der Waals surface area contributed by atoms with Gasteiger partial charge in [0.25, 0.3) is 0 Å². The Hall–Kier alpha value is -3.69. The second-order valence-electron chi connectivity index (χ2n) is 12.3. The predicted octanol–water partition coefficient (Wildman–Crippen LogP) is 1.13. The Morgan fingerprint density at radius 3 is 2.40 bits per heavy atom. The third-order valence-corrected chi connectivity index (χ3v) is 8.41. The van der Waals surface area contributed by atoms with Gasteiger partial charge in [0.15, 0.2) is 12.0 Å². The number of aliphatic imine (C=N–C) groups is 1. The van der Waals surface area contributed by atoms with Gasteiger partial charge >= 0.3 is 0 Å². The molecule has 13 heteroatoms. The van der Waals surface area contributed by atoms with Crippen LogP contribution in [0.1, 0.15) is 98.3 Å². The number of carbonyl (C=O) groups excluding carboxylic acids is 5. The van der Waals surface area contributed by atoms with Gasteiger partial charge in [-0.15, -0.1) is 0 Å². The molecule has 1 aliphatic heterocycles. The highest BCUT2D eigenvalue weighted by molar-refractivity contribution is 5.97. The summed E-state index contributed by atoms with van der Waals surface area (Å²) in [7, 11) is 0. The van der Waals surface area contributed by atoms with E-state index in [0.29, 0.717) is 25.2 Å². The number of carbonyl (C=O) groups is 5. The smallest absolute Gasteiger partial charge is 0.243 e. The van der Waals surface area contributed by atoms with Crippen LogP contribution in [0, 0.1) is 29.2 Å². The van der Waals surface area contributed by atoms with Crippen LogP contribution in [0.5, 0.6) is 0 Å². The Morgan fingerprint density at radius 2 is 1.77 bits per heavy atom. The first-order valence-electron chi connectivity index (χ1n) is 15.6. The average Bonchev–Trinajstić information content (AvgIpc) is 2.96. The number of guanidine groups is 1. The van der Waals surface area contributed by atoms with Crippen LogP contribution in [0.4, 0.5) is 0 Å². The summed E-state index contributed by atoms with van der Waals surface area (Å²) < 4.78 is 0. The lowest BCUT2D eigenvalue weighted by molar-refractivity contribution is -0.137. The minimum atomic E-state index is -1.33. The van der Waals surface area contributed by atoms with Crippen LogP contribution in [0.25, 0.3) is 0 Å².